The molecule has 21 heavy (non-hydrogen) atoms. The number of benzene rings is 1. The van der Waals surface area contributed by atoms with E-state index in [1.807, 2.05) is 6.07 Å². The highest BCUT2D eigenvalue weighted by Gasteiger charge is 2.34. The summed E-state index contributed by atoms with van der Waals surface area (Å²) in [5.74, 6) is -0.408. The van der Waals surface area contributed by atoms with Crippen LogP contribution in [0.25, 0.3) is 11.1 Å². The van der Waals surface area contributed by atoms with Gasteiger partial charge in [-0.25, -0.2) is 9.78 Å². The Bertz CT molecular complexity index is 736. The monoisotopic (exact) mass is 323 g/mol. The lowest BCUT2D eigenvalue weighted by Gasteiger charge is -2.16. The van der Waals surface area contributed by atoms with Crippen molar-refractivity contribution in [3.63, 3.8) is 0 Å². The molecule has 0 saturated heterocycles. The average Bonchev–Trinajstić information content (AvgIpc) is 2.80. The molecule has 1 atom stereocenters. The van der Waals surface area contributed by atoms with Crippen LogP contribution < -0.4 is 10.2 Å². The lowest BCUT2D eigenvalue weighted by atomic mass is 10.1. The highest BCUT2D eigenvalue weighted by Crippen LogP contribution is 2.43. The SMILES string of the molecule is CN1c2nccc(-c3cccc(Cl)c3Cl)c2NC1C(=O)O. The van der Waals surface area contributed by atoms with Crippen molar-refractivity contribution in [2.24, 2.45) is 0 Å². The Kier molecular flexibility index (Phi) is 3.39. The number of carboxylic acids is 1. The molecule has 0 fully saturated rings. The molecule has 1 aromatic heterocycles. The number of aromatic nitrogens is 1. The van der Waals surface area contributed by atoms with Gasteiger partial charge < -0.3 is 15.3 Å². The van der Waals surface area contributed by atoms with Gasteiger partial charge in [-0.1, -0.05) is 35.3 Å². The summed E-state index contributed by atoms with van der Waals surface area (Å²) in [5.41, 5.74) is 2.13. The Balaban J connectivity index is 2.17. The van der Waals surface area contributed by atoms with Gasteiger partial charge in [-0.2, -0.15) is 0 Å². The topological polar surface area (TPSA) is 65.5 Å². The van der Waals surface area contributed by atoms with E-state index >= 15 is 0 Å². The van der Waals surface area contributed by atoms with Gasteiger partial charge in [-0.3, -0.25) is 0 Å². The fourth-order valence-corrected chi connectivity index (χ4v) is 2.78. The van der Waals surface area contributed by atoms with Gasteiger partial charge in [0.25, 0.3) is 0 Å². The first-order chi connectivity index (χ1) is 10.0. The quantitative estimate of drug-likeness (QED) is 0.887. The van der Waals surface area contributed by atoms with E-state index in [1.165, 1.54) is 0 Å². The first-order valence-corrected chi connectivity index (χ1v) is 6.92. The summed E-state index contributed by atoms with van der Waals surface area (Å²) in [7, 11) is 1.67. The molecule has 0 radical (unpaired) electrons. The average molecular weight is 324 g/mol. The predicted octanol–water partition coefficient (Wildman–Crippen LogP) is 3.33. The lowest BCUT2D eigenvalue weighted by molar-refractivity contribution is -0.137. The van der Waals surface area contributed by atoms with E-state index in [9.17, 15) is 9.90 Å². The molecule has 1 aromatic carbocycles. The van der Waals surface area contributed by atoms with E-state index in [2.05, 4.69) is 10.3 Å². The first kappa shape index (κ1) is 14.0. The zero-order chi connectivity index (χ0) is 15.1. The Labute approximate surface area is 131 Å². The third-order valence-electron chi connectivity index (χ3n) is 3.41. The van der Waals surface area contributed by atoms with Crippen LogP contribution in [0.4, 0.5) is 11.5 Å². The molecule has 0 aliphatic carbocycles. The number of fused-ring (bicyclic) bond motifs is 1. The lowest BCUT2D eigenvalue weighted by Crippen LogP contribution is -2.39. The summed E-state index contributed by atoms with van der Waals surface area (Å²) in [4.78, 5) is 17.1. The summed E-state index contributed by atoms with van der Waals surface area (Å²) in [5, 5.41) is 13.1. The van der Waals surface area contributed by atoms with Gasteiger partial charge in [0, 0.05) is 24.4 Å². The third kappa shape index (κ3) is 2.18. The molecule has 1 aliphatic rings. The third-order valence-corrected chi connectivity index (χ3v) is 4.23. The van der Waals surface area contributed by atoms with Crippen LogP contribution in [0.3, 0.4) is 0 Å². The molecule has 1 unspecified atom stereocenters. The fraction of sp³-hybridized carbons (Fsp3) is 0.143. The predicted molar refractivity (Wildman–Crippen MR) is 83.1 cm³/mol. The molecule has 2 N–H and O–H groups in total. The molecule has 1 aliphatic heterocycles. The Hall–Kier alpha value is -1.98. The molecule has 0 spiro atoms. The van der Waals surface area contributed by atoms with Gasteiger partial charge in [0.15, 0.2) is 5.82 Å². The number of halogens is 2. The van der Waals surface area contributed by atoms with Gasteiger partial charge in [0.1, 0.15) is 0 Å². The maximum Gasteiger partial charge on any atom is 0.347 e. The van der Waals surface area contributed by atoms with Crippen LogP contribution in [0, 0.1) is 0 Å². The summed E-state index contributed by atoms with van der Waals surface area (Å²) < 4.78 is 0. The molecule has 7 heteroatoms. The van der Waals surface area contributed by atoms with E-state index in [0.29, 0.717) is 21.6 Å². The largest absolute Gasteiger partial charge is 0.478 e. The van der Waals surface area contributed by atoms with Crippen molar-refractivity contribution in [2.75, 3.05) is 17.3 Å². The van der Waals surface area contributed by atoms with Crippen molar-refractivity contribution in [1.82, 2.24) is 4.98 Å². The molecular formula is C14H11Cl2N3O2. The van der Waals surface area contributed by atoms with Crippen LogP contribution in [0.5, 0.6) is 0 Å². The van der Waals surface area contributed by atoms with Crippen molar-refractivity contribution in [1.29, 1.82) is 0 Å². The van der Waals surface area contributed by atoms with Crippen LogP contribution in [0.15, 0.2) is 30.5 Å². The first-order valence-electron chi connectivity index (χ1n) is 6.16. The van der Waals surface area contributed by atoms with E-state index < -0.39 is 12.1 Å². The van der Waals surface area contributed by atoms with E-state index in [1.54, 1.807) is 36.3 Å². The second-order valence-electron chi connectivity index (χ2n) is 4.65. The molecule has 5 nitrogen and oxygen atoms in total. The van der Waals surface area contributed by atoms with Crippen molar-refractivity contribution in [3.8, 4) is 11.1 Å². The minimum Gasteiger partial charge on any atom is -0.478 e. The number of carboxylic acid groups (broad SMARTS) is 1. The Morgan fingerprint density at radius 2 is 2.10 bits per heavy atom. The number of carbonyl (C=O) groups is 1. The molecule has 3 rings (SSSR count). The highest BCUT2D eigenvalue weighted by atomic mass is 35.5. The number of pyridine rings is 1. The molecule has 0 bridgehead atoms. The molecule has 2 aromatic rings. The number of hydrogen-bond donors (Lipinski definition) is 2. The number of rotatable bonds is 2. The standard InChI is InChI=1S/C14H11Cl2N3O2/c1-19-12-11(18-13(19)14(20)21)8(5-6-17-12)7-3-2-4-9(15)10(7)16/h2-6,13,18H,1H3,(H,20,21). The Morgan fingerprint density at radius 1 is 1.33 bits per heavy atom. The normalized spacial score (nSPS) is 16.5. The van der Waals surface area contributed by atoms with Crippen LogP contribution in [-0.2, 0) is 4.79 Å². The zero-order valence-corrected chi connectivity index (χ0v) is 12.5. The molecule has 0 amide bonds. The highest BCUT2D eigenvalue weighted by molar-refractivity contribution is 6.43. The van der Waals surface area contributed by atoms with Crippen molar-refractivity contribution in [3.05, 3.63) is 40.5 Å². The van der Waals surface area contributed by atoms with Gasteiger partial charge in [-0.05, 0) is 12.1 Å². The van der Waals surface area contributed by atoms with Gasteiger partial charge in [0.05, 0.1) is 15.7 Å². The van der Waals surface area contributed by atoms with E-state index in [0.717, 1.165) is 11.1 Å². The second kappa shape index (κ2) is 5.09. The van der Waals surface area contributed by atoms with Gasteiger partial charge in [0.2, 0.25) is 6.17 Å². The number of nitrogens with one attached hydrogen (secondary N) is 1. The number of likely N-dealkylation sites (N-methyl/N-ethyl adjacent to an activating group) is 1. The van der Waals surface area contributed by atoms with E-state index in [-0.39, 0.29) is 0 Å². The number of anilines is 2. The number of hydrogen-bond acceptors (Lipinski definition) is 4. The molecule has 0 saturated carbocycles. The zero-order valence-electron chi connectivity index (χ0n) is 11.0. The molecule has 2 heterocycles. The summed E-state index contributed by atoms with van der Waals surface area (Å²) in [6.07, 6.45) is 0.764. The minimum atomic E-state index is -0.973. The minimum absolute atomic E-state index is 0.427. The van der Waals surface area contributed by atoms with Crippen LogP contribution >= 0.6 is 23.2 Å². The Morgan fingerprint density at radius 3 is 2.81 bits per heavy atom. The number of aliphatic carboxylic acids is 1. The summed E-state index contributed by atoms with van der Waals surface area (Å²) in [6, 6.07) is 7.11. The van der Waals surface area contributed by atoms with E-state index in [4.69, 9.17) is 23.2 Å². The maximum absolute atomic E-state index is 11.3. The van der Waals surface area contributed by atoms with Gasteiger partial charge >= 0.3 is 5.97 Å². The molecular weight excluding hydrogens is 313 g/mol. The molecule has 108 valence electrons. The van der Waals surface area contributed by atoms with Crippen LogP contribution in [-0.4, -0.2) is 29.3 Å². The van der Waals surface area contributed by atoms with Gasteiger partial charge in [-0.15, -0.1) is 0 Å². The van der Waals surface area contributed by atoms with Crippen LogP contribution in [0.2, 0.25) is 10.0 Å². The second-order valence-corrected chi connectivity index (χ2v) is 5.44. The summed E-state index contributed by atoms with van der Waals surface area (Å²) >= 11 is 12.3. The summed E-state index contributed by atoms with van der Waals surface area (Å²) in [6.45, 7) is 0. The van der Waals surface area contributed by atoms with Crippen molar-refractivity contribution in [2.45, 2.75) is 6.17 Å². The number of nitrogens with zero attached hydrogens (tertiary/aromatic N) is 2. The van der Waals surface area contributed by atoms with Crippen molar-refractivity contribution >= 4 is 40.7 Å². The fourth-order valence-electron chi connectivity index (χ4n) is 2.38. The maximum atomic E-state index is 11.3. The van der Waals surface area contributed by atoms with Crippen molar-refractivity contribution < 1.29 is 9.90 Å². The smallest absolute Gasteiger partial charge is 0.347 e. The van der Waals surface area contributed by atoms with Crippen LogP contribution in [0.1, 0.15) is 0 Å².